The molecule has 0 aromatic heterocycles. The Balaban J connectivity index is 1.23. The van der Waals surface area contributed by atoms with E-state index in [9.17, 15) is 19.2 Å². The summed E-state index contributed by atoms with van der Waals surface area (Å²) in [5.74, 6) is 1.32. The molecule has 0 bridgehead atoms. The van der Waals surface area contributed by atoms with Crippen LogP contribution >= 0.6 is 0 Å². The molecule has 6 aliphatic rings. The first-order valence-electron chi connectivity index (χ1n) is 18.9. The van der Waals surface area contributed by atoms with Crippen LogP contribution in [0.2, 0.25) is 0 Å². The van der Waals surface area contributed by atoms with Gasteiger partial charge in [-0.1, -0.05) is 13.8 Å². The lowest BCUT2D eigenvalue weighted by Gasteiger charge is -2.62. The highest BCUT2D eigenvalue weighted by molar-refractivity contribution is 5.67. The number of fused-ring (bicyclic) bond motifs is 5. The number of quaternary nitrogens is 1. The van der Waals surface area contributed by atoms with Crippen LogP contribution in [0.5, 0.6) is 0 Å². The van der Waals surface area contributed by atoms with Gasteiger partial charge in [-0.05, 0) is 80.5 Å². The van der Waals surface area contributed by atoms with Gasteiger partial charge in [0.2, 0.25) is 0 Å². The van der Waals surface area contributed by atoms with E-state index < -0.39 is 0 Å². The number of carbonyl (C=O) groups excluding carboxylic acids is 4. The fourth-order valence-electron chi connectivity index (χ4n) is 12.3. The molecule has 0 N–H and O–H groups in total. The van der Waals surface area contributed by atoms with Crippen LogP contribution in [0.3, 0.4) is 0 Å². The Morgan fingerprint density at radius 2 is 1.25 bits per heavy atom. The molecule has 5 unspecified atom stereocenters. The van der Waals surface area contributed by atoms with Gasteiger partial charge in [0.25, 0.3) is 0 Å². The van der Waals surface area contributed by atoms with Crippen LogP contribution in [-0.4, -0.2) is 103 Å². The van der Waals surface area contributed by atoms with Crippen LogP contribution in [0.4, 0.5) is 0 Å². The van der Waals surface area contributed by atoms with Gasteiger partial charge in [-0.25, -0.2) is 0 Å². The number of likely N-dealkylation sites (tertiary alicyclic amines) is 2. The lowest BCUT2D eigenvalue weighted by Crippen LogP contribution is -2.62. The topological polar surface area (TPSA) is 108 Å². The van der Waals surface area contributed by atoms with Crippen molar-refractivity contribution in [3.05, 3.63) is 0 Å². The van der Waals surface area contributed by atoms with E-state index in [4.69, 9.17) is 18.9 Å². The third kappa shape index (κ3) is 6.66. The number of hydrogen-bond acceptors (Lipinski definition) is 9. The summed E-state index contributed by atoms with van der Waals surface area (Å²) >= 11 is 0. The lowest BCUT2D eigenvalue weighted by atomic mass is 9.44. The molecule has 0 aromatic carbocycles. The molecule has 0 radical (unpaired) electrons. The molecular weight excluding hydrogens is 612 g/mol. The molecule has 270 valence electrons. The van der Waals surface area contributed by atoms with Crippen molar-refractivity contribution in [3.63, 3.8) is 0 Å². The maximum Gasteiger partial charge on any atom is 0.303 e. The van der Waals surface area contributed by atoms with E-state index in [-0.39, 0.29) is 71.2 Å². The van der Waals surface area contributed by atoms with Crippen molar-refractivity contribution in [2.24, 2.45) is 34.5 Å². The molecule has 4 saturated carbocycles. The highest BCUT2D eigenvalue weighted by Crippen LogP contribution is 2.67. The van der Waals surface area contributed by atoms with Crippen molar-refractivity contribution in [1.29, 1.82) is 0 Å². The van der Waals surface area contributed by atoms with Crippen LogP contribution in [-0.2, 0) is 38.1 Å². The van der Waals surface area contributed by atoms with Crippen molar-refractivity contribution in [1.82, 2.24) is 4.90 Å². The Labute approximate surface area is 287 Å². The molecule has 48 heavy (non-hydrogen) atoms. The molecule has 0 aromatic rings. The molecule has 2 heterocycles. The monoisotopic (exact) mass is 673 g/mol. The number of esters is 4. The molecule has 2 aliphatic heterocycles. The third-order valence-corrected chi connectivity index (χ3v) is 14.5. The molecule has 10 atom stereocenters. The summed E-state index contributed by atoms with van der Waals surface area (Å²) in [7, 11) is 2.34. The van der Waals surface area contributed by atoms with E-state index in [1.165, 1.54) is 27.2 Å². The maximum absolute atomic E-state index is 12.7. The maximum atomic E-state index is 12.7. The first kappa shape index (κ1) is 35.6. The zero-order valence-corrected chi connectivity index (χ0v) is 30.5. The van der Waals surface area contributed by atoms with Gasteiger partial charge >= 0.3 is 23.9 Å². The molecule has 6 rings (SSSR count). The Hall–Kier alpha value is -2.20. The predicted octanol–water partition coefficient (Wildman–Crippen LogP) is 5.05. The minimum Gasteiger partial charge on any atom is -0.462 e. The standard InChI is InChI=1S/C38H61N2O8/c1-23(41)45-28-11-16-39(17-12-28)33-22-38(6)27(20-35(33)47-25(3)43)8-9-30-31(38)10-15-37(5)32(30)21-34(36(37)48-26(4)44)40(7)18-13-29(14-19-40)46-24(2)42/h27-36H,8-22H2,1-7H3/q+1/t27?,29?,30-,31-,32+,33?,34?,35?,36?,37+,38+,40?/m1/s1. The van der Waals surface area contributed by atoms with Crippen LogP contribution in [0, 0.1) is 34.5 Å². The molecule has 0 amide bonds. The number of carbonyl (C=O) groups is 4. The van der Waals surface area contributed by atoms with Gasteiger partial charge in [0.05, 0.1) is 20.1 Å². The number of rotatable bonds is 6. The minimum atomic E-state index is -0.218. The van der Waals surface area contributed by atoms with E-state index in [1.807, 2.05) is 0 Å². The van der Waals surface area contributed by atoms with E-state index >= 15 is 0 Å². The average molecular weight is 674 g/mol. The van der Waals surface area contributed by atoms with Crippen LogP contribution in [0.15, 0.2) is 0 Å². The molecule has 10 nitrogen and oxygen atoms in total. The van der Waals surface area contributed by atoms with Gasteiger partial charge in [0, 0.05) is 71.5 Å². The second-order valence-corrected chi connectivity index (χ2v) is 17.3. The summed E-state index contributed by atoms with van der Waals surface area (Å²) in [6.45, 7) is 14.6. The van der Waals surface area contributed by atoms with Gasteiger partial charge in [-0.2, -0.15) is 0 Å². The Bertz CT molecular complexity index is 1240. The number of nitrogens with zero attached hydrogens (tertiary/aromatic N) is 2. The zero-order chi connectivity index (χ0) is 34.6. The average Bonchev–Trinajstić information content (AvgIpc) is 3.30. The Morgan fingerprint density at radius 1 is 0.667 bits per heavy atom. The number of piperidine rings is 2. The molecule has 2 saturated heterocycles. The smallest absolute Gasteiger partial charge is 0.303 e. The summed E-state index contributed by atoms with van der Waals surface area (Å²) in [5.41, 5.74) is 0.0653. The fraction of sp³-hybridized carbons (Fsp3) is 0.895. The highest BCUT2D eigenvalue weighted by Gasteiger charge is 2.67. The van der Waals surface area contributed by atoms with Crippen molar-refractivity contribution < 1.29 is 42.6 Å². The van der Waals surface area contributed by atoms with E-state index in [2.05, 4.69) is 25.8 Å². The Kier molecular flexibility index (Phi) is 10.0. The minimum absolute atomic E-state index is 0.0257. The highest BCUT2D eigenvalue weighted by atomic mass is 16.6. The fourth-order valence-corrected chi connectivity index (χ4v) is 12.3. The SMILES string of the molecule is CC(=O)OC1CCN(C2C[C@@]3(C)C(CC[C@@H]4[C@H]3CC[C@]3(C)C(OC(C)=O)C([N+]5(C)CCC(OC(C)=O)CC5)C[C@@H]43)CC2OC(C)=O)CC1. The van der Waals surface area contributed by atoms with Crippen LogP contribution < -0.4 is 0 Å². The Morgan fingerprint density at radius 3 is 1.83 bits per heavy atom. The molecule has 6 fully saturated rings. The molecule has 0 spiro atoms. The van der Waals surface area contributed by atoms with Gasteiger partial charge < -0.3 is 23.4 Å². The first-order valence-corrected chi connectivity index (χ1v) is 18.9. The van der Waals surface area contributed by atoms with Gasteiger partial charge in [-0.15, -0.1) is 0 Å². The van der Waals surface area contributed by atoms with Crippen LogP contribution in [0.1, 0.15) is 112 Å². The largest absolute Gasteiger partial charge is 0.462 e. The van der Waals surface area contributed by atoms with Crippen molar-refractivity contribution in [3.8, 4) is 0 Å². The third-order valence-electron chi connectivity index (χ3n) is 14.5. The first-order chi connectivity index (χ1) is 22.6. The quantitative estimate of drug-likeness (QED) is 0.218. The number of hydrogen-bond donors (Lipinski definition) is 0. The van der Waals surface area contributed by atoms with Crippen LogP contribution in [0.25, 0.3) is 0 Å². The van der Waals surface area contributed by atoms with Gasteiger partial charge in [-0.3, -0.25) is 24.1 Å². The predicted molar refractivity (Wildman–Crippen MR) is 178 cm³/mol. The molecule has 4 aliphatic carbocycles. The van der Waals surface area contributed by atoms with E-state index in [0.29, 0.717) is 23.7 Å². The van der Waals surface area contributed by atoms with Gasteiger partial charge in [0.1, 0.15) is 24.4 Å². The molecular formula is C38H61N2O8+. The summed E-state index contributed by atoms with van der Waals surface area (Å²) in [6, 6.07) is 0.394. The normalized spacial score (nSPS) is 44.8. The number of likely N-dealkylation sites (N-methyl/N-ethyl adjacent to an activating group) is 1. The lowest BCUT2D eigenvalue weighted by molar-refractivity contribution is -0.941. The van der Waals surface area contributed by atoms with Crippen molar-refractivity contribution in [2.45, 2.75) is 149 Å². The number of ether oxygens (including phenoxy) is 4. The van der Waals surface area contributed by atoms with Crippen molar-refractivity contribution in [2.75, 3.05) is 33.2 Å². The van der Waals surface area contributed by atoms with Crippen molar-refractivity contribution >= 4 is 23.9 Å². The second-order valence-electron chi connectivity index (χ2n) is 17.3. The zero-order valence-electron chi connectivity index (χ0n) is 30.5. The van der Waals surface area contributed by atoms with Gasteiger partial charge in [0.15, 0.2) is 6.10 Å². The summed E-state index contributed by atoms with van der Waals surface area (Å²) < 4.78 is 24.5. The van der Waals surface area contributed by atoms with E-state index in [1.54, 1.807) is 6.92 Å². The molecule has 10 heteroatoms. The summed E-state index contributed by atoms with van der Waals surface area (Å²) in [5, 5.41) is 0. The summed E-state index contributed by atoms with van der Waals surface area (Å²) in [4.78, 5) is 50.8. The second kappa shape index (κ2) is 13.5. The van der Waals surface area contributed by atoms with E-state index in [0.717, 1.165) is 94.9 Å². The summed E-state index contributed by atoms with van der Waals surface area (Å²) in [6.07, 6.45) is 10.5.